The van der Waals surface area contributed by atoms with Crippen molar-refractivity contribution in [1.29, 1.82) is 0 Å². The molecule has 10 heteroatoms. The lowest BCUT2D eigenvalue weighted by Gasteiger charge is -2.09. The van der Waals surface area contributed by atoms with Gasteiger partial charge in [-0.3, -0.25) is 9.59 Å². The van der Waals surface area contributed by atoms with Crippen molar-refractivity contribution in [1.82, 2.24) is 5.32 Å². The molecule has 0 unspecified atom stereocenters. The van der Waals surface area contributed by atoms with Gasteiger partial charge in [0.2, 0.25) is 5.91 Å². The molecule has 0 aliphatic carbocycles. The van der Waals surface area contributed by atoms with Gasteiger partial charge in [0.15, 0.2) is 24.1 Å². The largest absolute Gasteiger partial charge is 0.484 e. The van der Waals surface area contributed by atoms with Crippen LogP contribution in [0.15, 0.2) is 30.3 Å². The zero-order valence-corrected chi connectivity index (χ0v) is 14.4. The third-order valence-corrected chi connectivity index (χ3v) is 3.40. The normalized spacial score (nSPS) is 10.3. The molecule has 2 aromatic rings. The standard InChI is InChI=1S/C16H11Cl2F3N2O3/c17-8-3-9(18)5-10(4-8)26-7-14(25)22-6-13(24)23-12-2-1-11(19)15(20)16(12)21/h1-5H,6-7H2,(H,22,25)(H,23,24). The van der Waals surface area contributed by atoms with Gasteiger partial charge in [-0.2, -0.15) is 0 Å². The molecular weight excluding hydrogens is 396 g/mol. The molecule has 0 atom stereocenters. The SMILES string of the molecule is O=C(COc1cc(Cl)cc(Cl)c1)NCC(=O)Nc1ccc(F)c(F)c1F. The molecule has 0 saturated heterocycles. The first-order valence-corrected chi connectivity index (χ1v) is 7.81. The average Bonchev–Trinajstić information content (AvgIpc) is 2.58. The van der Waals surface area contributed by atoms with Gasteiger partial charge in [-0.05, 0) is 30.3 Å². The Morgan fingerprint density at radius 2 is 1.62 bits per heavy atom. The molecule has 0 saturated carbocycles. The number of ether oxygens (including phenoxy) is 1. The fraction of sp³-hybridized carbons (Fsp3) is 0.125. The fourth-order valence-corrected chi connectivity index (χ4v) is 2.31. The van der Waals surface area contributed by atoms with Crippen LogP contribution in [0.3, 0.4) is 0 Å². The second-order valence-corrected chi connectivity index (χ2v) is 5.81. The molecule has 0 aromatic heterocycles. The highest BCUT2D eigenvalue weighted by Crippen LogP contribution is 2.24. The van der Waals surface area contributed by atoms with Crippen LogP contribution in [0.5, 0.6) is 5.75 Å². The number of rotatable bonds is 6. The van der Waals surface area contributed by atoms with E-state index in [2.05, 4.69) is 5.32 Å². The maximum Gasteiger partial charge on any atom is 0.258 e. The van der Waals surface area contributed by atoms with Crippen molar-refractivity contribution < 1.29 is 27.5 Å². The molecule has 0 spiro atoms. The molecular formula is C16H11Cl2F3N2O3. The molecule has 2 amide bonds. The topological polar surface area (TPSA) is 67.4 Å². The van der Waals surface area contributed by atoms with Gasteiger partial charge < -0.3 is 15.4 Å². The Morgan fingerprint density at radius 3 is 2.27 bits per heavy atom. The number of halogens is 5. The number of carbonyl (C=O) groups excluding carboxylic acids is 2. The van der Waals surface area contributed by atoms with Crippen molar-refractivity contribution in [2.24, 2.45) is 0 Å². The third-order valence-electron chi connectivity index (χ3n) is 2.96. The predicted molar refractivity (Wildman–Crippen MR) is 89.9 cm³/mol. The molecule has 0 radical (unpaired) electrons. The van der Waals surface area contributed by atoms with Gasteiger partial charge in [0, 0.05) is 10.0 Å². The van der Waals surface area contributed by atoms with Crippen molar-refractivity contribution in [2.45, 2.75) is 0 Å². The van der Waals surface area contributed by atoms with Crippen LogP contribution in [0.25, 0.3) is 0 Å². The van der Waals surface area contributed by atoms with Gasteiger partial charge >= 0.3 is 0 Å². The first-order chi connectivity index (χ1) is 12.3. The van der Waals surface area contributed by atoms with Crippen LogP contribution in [-0.4, -0.2) is 25.0 Å². The summed E-state index contributed by atoms with van der Waals surface area (Å²) in [5.41, 5.74) is -0.548. The maximum absolute atomic E-state index is 13.4. The van der Waals surface area contributed by atoms with Crippen molar-refractivity contribution >= 4 is 40.7 Å². The van der Waals surface area contributed by atoms with Crippen LogP contribution < -0.4 is 15.4 Å². The zero-order valence-electron chi connectivity index (χ0n) is 12.9. The molecule has 0 bridgehead atoms. The molecule has 26 heavy (non-hydrogen) atoms. The van der Waals surface area contributed by atoms with Crippen molar-refractivity contribution in [3.63, 3.8) is 0 Å². The highest BCUT2D eigenvalue weighted by atomic mass is 35.5. The smallest absolute Gasteiger partial charge is 0.258 e. The average molecular weight is 407 g/mol. The molecule has 2 N–H and O–H groups in total. The van der Waals surface area contributed by atoms with E-state index in [0.29, 0.717) is 16.1 Å². The van der Waals surface area contributed by atoms with Gasteiger partial charge in [-0.15, -0.1) is 0 Å². The van der Waals surface area contributed by atoms with E-state index in [0.717, 1.165) is 6.07 Å². The number of benzene rings is 2. The Labute approximate surface area is 156 Å². The summed E-state index contributed by atoms with van der Waals surface area (Å²) >= 11 is 11.6. The summed E-state index contributed by atoms with van der Waals surface area (Å²) in [5.74, 6) is -5.86. The van der Waals surface area contributed by atoms with Crippen molar-refractivity contribution in [2.75, 3.05) is 18.5 Å². The first kappa shape index (κ1) is 19.9. The monoisotopic (exact) mass is 406 g/mol. The Hall–Kier alpha value is -2.45. The Morgan fingerprint density at radius 1 is 0.962 bits per heavy atom. The van der Waals surface area contributed by atoms with E-state index in [1.807, 2.05) is 5.32 Å². The van der Waals surface area contributed by atoms with E-state index in [4.69, 9.17) is 27.9 Å². The molecule has 5 nitrogen and oxygen atoms in total. The van der Waals surface area contributed by atoms with Crippen LogP contribution in [0, 0.1) is 17.5 Å². The van der Waals surface area contributed by atoms with Gasteiger partial charge in [0.25, 0.3) is 5.91 Å². The molecule has 0 aliphatic heterocycles. The predicted octanol–water partition coefficient (Wildman–Crippen LogP) is 3.54. The molecule has 2 rings (SSSR count). The van der Waals surface area contributed by atoms with Gasteiger partial charge in [-0.1, -0.05) is 23.2 Å². The third kappa shape index (κ3) is 5.53. The minimum absolute atomic E-state index is 0.256. The Bertz CT molecular complexity index is 829. The minimum Gasteiger partial charge on any atom is -0.484 e. The molecule has 0 fully saturated rings. The van der Waals surface area contributed by atoms with Crippen molar-refractivity contribution in [3.05, 3.63) is 57.8 Å². The summed E-state index contributed by atoms with van der Waals surface area (Å²) in [5, 5.41) is 4.87. The number of carbonyl (C=O) groups is 2. The lowest BCUT2D eigenvalue weighted by molar-refractivity contribution is -0.125. The highest BCUT2D eigenvalue weighted by molar-refractivity contribution is 6.34. The van der Waals surface area contributed by atoms with Crippen LogP contribution in [0.4, 0.5) is 18.9 Å². The molecule has 0 heterocycles. The second-order valence-electron chi connectivity index (χ2n) is 4.94. The number of nitrogens with one attached hydrogen (secondary N) is 2. The van der Waals surface area contributed by atoms with Crippen molar-refractivity contribution in [3.8, 4) is 5.75 Å². The van der Waals surface area contributed by atoms with E-state index in [-0.39, 0.29) is 5.75 Å². The lowest BCUT2D eigenvalue weighted by Crippen LogP contribution is -2.36. The number of anilines is 1. The Kier molecular flexibility index (Phi) is 6.70. The van der Waals surface area contributed by atoms with E-state index in [9.17, 15) is 22.8 Å². The number of hydrogen-bond donors (Lipinski definition) is 2. The summed E-state index contributed by atoms with van der Waals surface area (Å²) in [7, 11) is 0. The molecule has 138 valence electrons. The Balaban J connectivity index is 1.81. The number of amides is 2. The first-order valence-electron chi connectivity index (χ1n) is 7.05. The van der Waals surface area contributed by atoms with E-state index < -0.39 is 48.1 Å². The van der Waals surface area contributed by atoms with Crippen LogP contribution in [0.2, 0.25) is 10.0 Å². The highest BCUT2D eigenvalue weighted by Gasteiger charge is 2.15. The summed E-state index contributed by atoms with van der Waals surface area (Å²) in [4.78, 5) is 23.3. The van der Waals surface area contributed by atoms with E-state index in [1.165, 1.54) is 18.2 Å². The summed E-state index contributed by atoms with van der Waals surface area (Å²) < 4.78 is 44.5. The van der Waals surface area contributed by atoms with Gasteiger partial charge in [-0.25, -0.2) is 13.2 Å². The zero-order chi connectivity index (χ0) is 19.3. The van der Waals surface area contributed by atoms with Crippen LogP contribution in [-0.2, 0) is 9.59 Å². The number of hydrogen-bond acceptors (Lipinski definition) is 3. The summed E-state index contributed by atoms with van der Waals surface area (Å²) in [6.45, 7) is -0.958. The van der Waals surface area contributed by atoms with Gasteiger partial charge in [0.1, 0.15) is 5.75 Å². The van der Waals surface area contributed by atoms with Gasteiger partial charge in [0.05, 0.1) is 12.2 Å². The van der Waals surface area contributed by atoms with E-state index >= 15 is 0 Å². The van der Waals surface area contributed by atoms with Crippen LogP contribution in [0.1, 0.15) is 0 Å². The minimum atomic E-state index is -1.71. The molecule has 2 aromatic carbocycles. The van der Waals surface area contributed by atoms with Crippen LogP contribution >= 0.6 is 23.2 Å². The lowest BCUT2D eigenvalue weighted by atomic mass is 10.2. The maximum atomic E-state index is 13.4. The molecule has 0 aliphatic rings. The quantitative estimate of drug-likeness (QED) is 0.720. The summed E-state index contributed by atoms with van der Waals surface area (Å²) in [6.07, 6.45) is 0. The second kappa shape index (κ2) is 8.77. The summed E-state index contributed by atoms with van der Waals surface area (Å²) in [6, 6.07) is 5.90. The fourth-order valence-electron chi connectivity index (χ4n) is 1.81. The van der Waals surface area contributed by atoms with E-state index in [1.54, 1.807) is 0 Å².